The van der Waals surface area contributed by atoms with Gasteiger partial charge >= 0.3 is 0 Å². The number of rotatable bonds is 5. The van der Waals surface area contributed by atoms with Gasteiger partial charge in [-0.15, -0.1) is 0 Å². The van der Waals surface area contributed by atoms with Gasteiger partial charge in [-0.05, 0) is 49.2 Å². The Morgan fingerprint density at radius 2 is 1.86 bits per heavy atom. The molecular weight excluding hydrogens is 288 g/mol. The van der Waals surface area contributed by atoms with Gasteiger partial charge in [0, 0.05) is 18.3 Å². The fourth-order valence-electron chi connectivity index (χ4n) is 2.26. The summed E-state index contributed by atoms with van der Waals surface area (Å²) in [5.41, 5.74) is 2.13. The second kappa shape index (κ2) is 6.24. The molecule has 5 nitrogen and oxygen atoms in total. The molecule has 0 fully saturated rings. The van der Waals surface area contributed by atoms with E-state index in [1.165, 1.54) is 0 Å². The van der Waals surface area contributed by atoms with Gasteiger partial charge in [0.05, 0.1) is 11.5 Å². The van der Waals surface area contributed by atoms with E-state index < -0.39 is 10.0 Å². The van der Waals surface area contributed by atoms with Gasteiger partial charge in [0.1, 0.15) is 5.75 Å². The first-order chi connectivity index (χ1) is 9.88. The SMILES string of the molecule is Cc1cc(OCCc2ccccn2)cc(C)c1S(N)(=O)=O. The van der Waals surface area contributed by atoms with E-state index in [2.05, 4.69) is 4.98 Å². The van der Waals surface area contributed by atoms with Gasteiger partial charge in [-0.1, -0.05) is 6.07 Å². The van der Waals surface area contributed by atoms with E-state index in [-0.39, 0.29) is 4.90 Å². The number of ether oxygens (including phenoxy) is 1. The van der Waals surface area contributed by atoms with Crippen LogP contribution in [-0.4, -0.2) is 20.0 Å². The Balaban J connectivity index is 2.09. The maximum absolute atomic E-state index is 11.5. The molecule has 1 aromatic carbocycles. The summed E-state index contributed by atoms with van der Waals surface area (Å²) in [7, 11) is -3.71. The molecule has 0 amide bonds. The molecule has 1 heterocycles. The molecule has 0 aliphatic heterocycles. The Morgan fingerprint density at radius 1 is 1.19 bits per heavy atom. The second-order valence-corrected chi connectivity index (χ2v) is 6.35. The summed E-state index contributed by atoms with van der Waals surface area (Å²) in [4.78, 5) is 4.38. The molecule has 0 radical (unpaired) electrons. The lowest BCUT2D eigenvalue weighted by molar-refractivity contribution is 0.320. The third-order valence-electron chi connectivity index (χ3n) is 3.07. The molecule has 0 atom stereocenters. The smallest absolute Gasteiger partial charge is 0.238 e. The van der Waals surface area contributed by atoms with E-state index in [0.29, 0.717) is 29.9 Å². The number of nitrogens with two attached hydrogens (primary N) is 1. The third-order valence-corrected chi connectivity index (χ3v) is 4.28. The first kappa shape index (κ1) is 15.5. The largest absolute Gasteiger partial charge is 0.493 e. The molecule has 1 aromatic heterocycles. The number of hydrogen-bond donors (Lipinski definition) is 1. The quantitative estimate of drug-likeness (QED) is 0.915. The molecule has 2 N–H and O–H groups in total. The number of pyridine rings is 1. The summed E-state index contributed by atoms with van der Waals surface area (Å²) in [6.07, 6.45) is 2.43. The molecular formula is C15H18N2O3S. The van der Waals surface area contributed by atoms with Gasteiger partial charge < -0.3 is 4.74 Å². The van der Waals surface area contributed by atoms with Crippen molar-refractivity contribution in [3.05, 3.63) is 53.3 Å². The van der Waals surface area contributed by atoms with Gasteiger partial charge in [-0.2, -0.15) is 0 Å². The lowest BCUT2D eigenvalue weighted by atomic mass is 10.1. The highest BCUT2D eigenvalue weighted by molar-refractivity contribution is 7.89. The molecule has 0 saturated carbocycles. The standard InChI is InChI=1S/C15H18N2O3S/c1-11-9-14(10-12(2)15(11)21(16,18)19)20-8-6-13-5-3-4-7-17-13/h3-5,7,9-10H,6,8H2,1-2H3,(H2,16,18,19). The number of nitrogens with zero attached hydrogens (tertiary/aromatic N) is 1. The van der Waals surface area contributed by atoms with Crippen LogP contribution in [0.4, 0.5) is 0 Å². The first-order valence-electron chi connectivity index (χ1n) is 6.54. The van der Waals surface area contributed by atoms with E-state index in [0.717, 1.165) is 5.69 Å². The Hall–Kier alpha value is -1.92. The van der Waals surface area contributed by atoms with E-state index in [9.17, 15) is 8.42 Å². The highest BCUT2D eigenvalue weighted by Gasteiger charge is 2.16. The molecule has 2 aromatic rings. The van der Waals surface area contributed by atoms with Crippen molar-refractivity contribution in [2.45, 2.75) is 25.2 Å². The Kier molecular flexibility index (Phi) is 4.59. The lowest BCUT2D eigenvalue weighted by Gasteiger charge is -2.12. The zero-order valence-corrected chi connectivity index (χ0v) is 12.9. The summed E-state index contributed by atoms with van der Waals surface area (Å²) >= 11 is 0. The Morgan fingerprint density at radius 3 is 2.38 bits per heavy atom. The molecule has 0 aliphatic rings. The van der Waals surface area contributed by atoms with Crippen molar-refractivity contribution in [1.29, 1.82) is 0 Å². The van der Waals surface area contributed by atoms with Gasteiger partial charge in [0.25, 0.3) is 0 Å². The minimum atomic E-state index is -3.71. The van der Waals surface area contributed by atoms with Crippen LogP contribution in [-0.2, 0) is 16.4 Å². The van der Waals surface area contributed by atoms with Gasteiger partial charge in [0.2, 0.25) is 10.0 Å². The predicted molar refractivity (Wildman–Crippen MR) is 80.7 cm³/mol. The fourth-order valence-corrected chi connectivity index (χ4v) is 3.28. The molecule has 112 valence electrons. The number of sulfonamides is 1. The van der Waals surface area contributed by atoms with Crippen molar-refractivity contribution in [2.75, 3.05) is 6.61 Å². The number of hydrogen-bond acceptors (Lipinski definition) is 4. The van der Waals surface area contributed by atoms with Crippen molar-refractivity contribution >= 4 is 10.0 Å². The monoisotopic (exact) mass is 306 g/mol. The van der Waals surface area contributed by atoms with E-state index in [1.54, 1.807) is 32.2 Å². The van der Waals surface area contributed by atoms with Crippen molar-refractivity contribution in [2.24, 2.45) is 5.14 Å². The van der Waals surface area contributed by atoms with Crippen LogP contribution in [0.25, 0.3) is 0 Å². The van der Waals surface area contributed by atoms with Crippen molar-refractivity contribution in [3.8, 4) is 5.75 Å². The maximum Gasteiger partial charge on any atom is 0.238 e. The van der Waals surface area contributed by atoms with Crippen molar-refractivity contribution in [1.82, 2.24) is 4.98 Å². The Bertz CT molecular complexity index is 705. The molecule has 0 bridgehead atoms. The summed E-state index contributed by atoms with van der Waals surface area (Å²) < 4.78 is 28.7. The van der Waals surface area contributed by atoms with Crippen molar-refractivity contribution in [3.63, 3.8) is 0 Å². The normalized spacial score (nSPS) is 11.4. The van der Waals surface area contributed by atoms with Crippen molar-refractivity contribution < 1.29 is 13.2 Å². The summed E-state index contributed by atoms with van der Waals surface area (Å²) in [5.74, 6) is 0.633. The number of primary sulfonamides is 1. The van der Waals surface area contributed by atoms with Crippen LogP contribution in [0.2, 0.25) is 0 Å². The molecule has 0 saturated heterocycles. The summed E-state index contributed by atoms with van der Waals surface area (Å²) in [6.45, 7) is 3.89. The zero-order valence-electron chi connectivity index (χ0n) is 12.0. The van der Waals surface area contributed by atoms with Gasteiger partial charge in [0.15, 0.2) is 0 Å². The summed E-state index contributed by atoms with van der Waals surface area (Å²) in [5, 5.41) is 5.21. The second-order valence-electron chi connectivity index (χ2n) is 4.85. The fraction of sp³-hybridized carbons (Fsp3) is 0.267. The molecule has 0 spiro atoms. The highest BCUT2D eigenvalue weighted by Crippen LogP contribution is 2.24. The molecule has 0 unspecified atom stereocenters. The number of benzene rings is 1. The van der Waals surface area contributed by atoms with Crippen LogP contribution >= 0.6 is 0 Å². The van der Waals surface area contributed by atoms with E-state index in [4.69, 9.17) is 9.88 Å². The van der Waals surface area contributed by atoms with E-state index >= 15 is 0 Å². The topological polar surface area (TPSA) is 82.3 Å². The summed E-state index contributed by atoms with van der Waals surface area (Å²) in [6, 6.07) is 9.10. The number of aromatic nitrogens is 1. The Labute approximate surface area is 124 Å². The van der Waals surface area contributed by atoms with Crippen LogP contribution in [0.3, 0.4) is 0 Å². The third kappa shape index (κ3) is 4.03. The van der Waals surface area contributed by atoms with Gasteiger partial charge in [-0.3, -0.25) is 4.98 Å². The number of aryl methyl sites for hydroxylation is 2. The van der Waals surface area contributed by atoms with Crippen LogP contribution in [0.5, 0.6) is 5.75 Å². The van der Waals surface area contributed by atoms with Crippen LogP contribution in [0, 0.1) is 13.8 Å². The van der Waals surface area contributed by atoms with Crippen LogP contribution < -0.4 is 9.88 Å². The molecule has 0 aliphatic carbocycles. The molecule has 6 heteroatoms. The average Bonchev–Trinajstić information content (AvgIpc) is 2.37. The highest BCUT2D eigenvalue weighted by atomic mass is 32.2. The molecule has 2 rings (SSSR count). The molecule has 21 heavy (non-hydrogen) atoms. The van der Waals surface area contributed by atoms with Gasteiger partial charge in [-0.25, -0.2) is 13.6 Å². The predicted octanol–water partition coefficient (Wildman–Crippen LogP) is 1.97. The van der Waals surface area contributed by atoms with Crippen LogP contribution in [0.1, 0.15) is 16.8 Å². The minimum Gasteiger partial charge on any atom is -0.493 e. The minimum absolute atomic E-state index is 0.166. The van der Waals surface area contributed by atoms with Crippen LogP contribution in [0.15, 0.2) is 41.4 Å². The first-order valence-corrected chi connectivity index (χ1v) is 8.09. The van der Waals surface area contributed by atoms with E-state index in [1.807, 2.05) is 18.2 Å². The average molecular weight is 306 g/mol. The lowest BCUT2D eigenvalue weighted by Crippen LogP contribution is -2.15. The zero-order chi connectivity index (χ0) is 15.5. The maximum atomic E-state index is 11.5.